The van der Waals surface area contributed by atoms with Crippen LogP contribution in [0.4, 0.5) is 4.39 Å². The largest absolute Gasteiger partial charge is 0.494 e. The second-order valence-electron chi connectivity index (χ2n) is 3.49. The van der Waals surface area contributed by atoms with Gasteiger partial charge in [-0.2, -0.15) is 0 Å². The Morgan fingerprint density at radius 2 is 2.24 bits per heavy atom. The third kappa shape index (κ3) is 2.13. The number of rotatable bonds is 3. The van der Waals surface area contributed by atoms with Gasteiger partial charge in [-0.15, -0.1) is 5.10 Å². The molecule has 2 rings (SSSR count). The van der Waals surface area contributed by atoms with Gasteiger partial charge in [-0.25, -0.2) is 4.39 Å². The molecule has 0 bridgehead atoms. The zero-order valence-corrected chi connectivity index (χ0v) is 10.2. The number of aliphatic hydroxyl groups excluding tert-OH is 1. The first kappa shape index (κ1) is 11.9. The molecule has 0 aliphatic carbocycles. The topological polar surface area (TPSA) is 55.2 Å². The summed E-state index contributed by atoms with van der Waals surface area (Å²) in [4.78, 5) is 0.539. The fourth-order valence-corrected chi connectivity index (χ4v) is 2.18. The van der Waals surface area contributed by atoms with E-state index in [0.29, 0.717) is 10.6 Å². The molecule has 1 unspecified atom stereocenters. The summed E-state index contributed by atoms with van der Waals surface area (Å²) in [5, 5.41) is 13.9. The minimum absolute atomic E-state index is 0.108. The maximum atomic E-state index is 13.9. The predicted molar refractivity (Wildman–Crippen MR) is 61.7 cm³/mol. The standard InChI is InChI=1S/C11H11FN2O2S/c1-6-11(17-14-13-6)10(15)7-4-3-5-8(16-2)9(7)12/h3-5,10,15H,1-2H3. The normalized spacial score (nSPS) is 12.5. The molecule has 1 heterocycles. The number of halogens is 1. The molecule has 17 heavy (non-hydrogen) atoms. The van der Waals surface area contributed by atoms with E-state index in [4.69, 9.17) is 4.74 Å². The van der Waals surface area contributed by atoms with E-state index in [-0.39, 0.29) is 11.3 Å². The number of methoxy groups -OCH3 is 1. The molecule has 0 saturated heterocycles. The van der Waals surface area contributed by atoms with E-state index in [9.17, 15) is 9.50 Å². The van der Waals surface area contributed by atoms with Crippen LogP contribution in [0.25, 0.3) is 0 Å². The van der Waals surface area contributed by atoms with Crippen LogP contribution in [0.15, 0.2) is 18.2 Å². The first-order valence-corrected chi connectivity index (χ1v) is 5.71. The maximum Gasteiger partial charge on any atom is 0.171 e. The van der Waals surface area contributed by atoms with Gasteiger partial charge < -0.3 is 9.84 Å². The predicted octanol–water partition coefficient (Wildman–Crippen LogP) is 2.08. The van der Waals surface area contributed by atoms with Crippen molar-refractivity contribution in [2.75, 3.05) is 7.11 Å². The van der Waals surface area contributed by atoms with Gasteiger partial charge in [0.15, 0.2) is 11.6 Å². The fourth-order valence-electron chi connectivity index (χ4n) is 1.53. The van der Waals surface area contributed by atoms with Gasteiger partial charge >= 0.3 is 0 Å². The van der Waals surface area contributed by atoms with Gasteiger partial charge in [-0.3, -0.25) is 0 Å². The number of aromatic nitrogens is 2. The summed E-state index contributed by atoms with van der Waals surface area (Å²) in [5.74, 6) is -0.452. The molecule has 0 spiro atoms. The first-order chi connectivity index (χ1) is 8.15. The van der Waals surface area contributed by atoms with Crippen LogP contribution in [0.5, 0.6) is 5.75 Å². The lowest BCUT2D eigenvalue weighted by atomic mass is 10.1. The SMILES string of the molecule is COc1cccc(C(O)c2snnc2C)c1F. The molecule has 1 N–H and O–H groups in total. The monoisotopic (exact) mass is 254 g/mol. The quantitative estimate of drug-likeness (QED) is 0.911. The molecule has 0 saturated carbocycles. The fraction of sp³-hybridized carbons (Fsp3) is 0.273. The average Bonchev–Trinajstić information content (AvgIpc) is 2.75. The van der Waals surface area contributed by atoms with Gasteiger partial charge in [0.05, 0.1) is 17.7 Å². The summed E-state index contributed by atoms with van der Waals surface area (Å²) in [5.41, 5.74) is 0.767. The third-order valence-electron chi connectivity index (χ3n) is 2.44. The number of benzene rings is 1. The average molecular weight is 254 g/mol. The van der Waals surface area contributed by atoms with Crippen LogP contribution in [0.1, 0.15) is 22.2 Å². The Morgan fingerprint density at radius 1 is 1.47 bits per heavy atom. The molecular formula is C11H11FN2O2S. The molecule has 1 aromatic heterocycles. The number of hydrogen-bond acceptors (Lipinski definition) is 5. The van der Waals surface area contributed by atoms with Gasteiger partial charge in [-0.05, 0) is 24.5 Å². The highest BCUT2D eigenvalue weighted by Crippen LogP contribution is 2.31. The van der Waals surface area contributed by atoms with E-state index in [1.165, 1.54) is 19.2 Å². The number of aryl methyl sites for hydroxylation is 1. The van der Waals surface area contributed by atoms with Crippen LogP contribution < -0.4 is 4.74 Å². The molecule has 0 aliphatic heterocycles. The van der Waals surface area contributed by atoms with E-state index in [2.05, 4.69) is 9.59 Å². The molecule has 1 aromatic carbocycles. The van der Waals surface area contributed by atoms with Crippen LogP contribution in [-0.2, 0) is 0 Å². The molecule has 1 atom stereocenters. The van der Waals surface area contributed by atoms with Crippen LogP contribution in [0.3, 0.4) is 0 Å². The summed E-state index contributed by atoms with van der Waals surface area (Å²) < 4.78 is 22.5. The van der Waals surface area contributed by atoms with Crippen molar-refractivity contribution in [1.82, 2.24) is 9.59 Å². The summed E-state index contributed by atoms with van der Waals surface area (Å²) in [7, 11) is 1.38. The van der Waals surface area contributed by atoms with E-state index >= 15 is 0 Å². The van der Waals surface area contributed by atoms with E-state index in [1.54, 1.807) is 13.0 Å². The molecule has 4 nitrogen and oxygen atoms in total. The highest BCUT2D eigenvalue weighted by molar-refractivity contribution is 7.05. The van der Waals surface area contributed by atoms with E-state index in [0.717, 1.165) is 11.5 Å². The smallest absolute Gasteiger partial charge is 0.171 e. The van der Waals surface area contributed by atoms with Crippen molar-refractivity contribution in [3.63, 3.8) is 0 Å². The second-order valence-corrected chi connectivity index (χ2v) is 4.27. The Bertz CT molecular complexity index is 530. The highest BCUT2D eigenvalue weighted by Gasteiger charge is 2.21. The van der Waals surface area contributed by atoms with Crippen molar-refractivity contribution >= 4 is 11.5 Å². The molecule has 0 aliphatic rings. The van der Waals surface area contributed by atoms with Crippen LogP contribution >= 0.6 is 11.5 Å². The Hall–Kier alpha value is -1.53. The third-order valence-corrected chi connectivity index (χ3v) is 3.32. The van der Waals surface area contributed by atoms with Gasteiger partial charge in [0.1, 0.15) is 6.10 Å². The number of hydrogen-bond donors (Lipinski definition) is 1. The van der Waals surface area contributed by atoms with Gasteiger partial charge in [0.25, 0.3) is 0 Å². The second kappa shape index (κ2) is 4.77. The van der Waals surface area contributed by atoms with Crippen molar-refractivity contribution in [1.29, 1.82) is 0 Å². The molecule has 90 valence electrons. The van der Waals surface area contributed by atoms with Crippen LogP contribution in [0, 0.1) is 12.7 Å². The lowest BCUT2D eigenvalue weighted by molar-refractivity contribution is 0.216. The summed E-state index contributed by atoms with van der Waals surface area (Å²) in [6, 6.07) is 4.65. The summed E-state index contributed by atoms with van der Waals surface area (Å²) >= 11 is 1.06. The van der Waals surface area contributed by atoms with Gasteiger partial charge in [0, 0.05) is 5.56 Å². The summed E-state index contributed by atoms with van der Waals surface area (Å²) in [6.45, 7) is 1.72. The molecular weight excluding hydrogens is 243 g/mol. The Labute approximate surface area is 102 Å². The van der Waals surface area contributed by atoms with E-state index in [1.807, 2.05) is 0 Å². The highest BCUT2D eigenvalue weighted by atomic mass is 32.1. The van der Waals surface area contributed by atoms with Gasteiger partial charge in [-0.1, -0.05) is 16.6 Å². The zero-order chi connectivity index (χ0) is 12.4. The lowest BCUT2D eigenvalue weighted by Crippen LogP contribution is -2.03. The zero-order valence-electron chi connectivity index (χ0n) is 9.35. The Kier molecular flexibility index (Phi) is 3.35. The molecule has 0 fully saturated rings. The lowest BCUT2D eigenvalue weighted by Gasteiger charge is -2.12. The maximum absolute atomic E-state index is 13.9. The number of aliphatic hydroxyl groups is 1. The minimum atomic E-state index is -1.06. The molecule has 6 heteroatoms. The number of nitrogens with zero attached hydrogens (tertiary/aromatic N) is 2. The summed E-state index contributed by atoms with van der Waals surface area (Å²) in [6.07, 6.45) is -1.06. The van der Waals surface area contributed by atoms with Crippen molar-refractivity contribution in [3.05, 3.63) is 40.2 Å². The van der Waals surface area contributed by atoms with Gasteiger partial charge in [0.2, 0.25) is 0 Å². The van der Waals surface area contributed by atoms with Crippen LogP contribution in [-0.4, -0.2) is 21.8 Å². The van der Waals surface area contributed by atoms with E-state index < -0.39 is 11.9 Å². The number of ether oxygens (including phenoxy) is 1. The minimum Gasteiger partial charge on any atom is -0.494 e. The van der Waals surface area contributed by atoms with Crippen molar-refractivity contribution < 1.29 is 14.2 Å². The van der Waals surface area contributed by atoms with Crippen molar-refractivity contribution in [3.8, 4) is 5.75 Å². The molecule has 0 radical (unpaired) electrons. The van der Waals surface area contributed by atoms with Crippen molar-refractivity contribution in [2.24, 2.45) is 0 Å². The molecule has 2 aromatic rings. The van der Waals surface area contributed by atoms with Crippen LogP contribution in [0.2, 0.25) is 0 Å². The first-order valence-electron chi connectivity index (χ1n) is 4.94. The Balaban J connectivity index is 2.44. The van der Waals surface area contributed by atoms with Crippen molar-refractivity contribution in [2.45, 2.75) is 13.0 Å². The molecule has 0 amide bonds. The Morgan fingerprint density at radius 3 is 2.82 bits per heavy atom.